The fourth-order valence-corrected chi connectivity index (χ4v) is 2.27. The lowest BCUT2D eigenvalue weighted by Crippen LogP contribution is -2.20. The highest BCUT2D eigenvalue weighted by atomic mass is 127. The van der Waals surface area contributed by atoms with Crippen molar-refractivity contribution in [3.05, 3.63) is 21.0 Å². The highest BCUT2D eigenvalue weighted by Crippen LogP contribution is 2.33. The van der Waals surface area contributed by atoms with E-state index in [2.05, 4.69) is 30.4 Å². The molecule has 1 rings (SSSR count). The lowest BCUT2D eigenvalue weighted by atomic mass is 10.1. The highest BCUT2D eigenvalue weighted by Gasteiger charge is 2.34. The van der Waals surface area contributed by atoms with Crippen molar-refractivity contribution in [3.63, 3.8) is 0 Å². The molecule has 0 aliphatic carbocycles. The van der Waals surface area contributed by atoms with E-state index in [1.54, 1.807) is 22.6 Å². The highest BCUT2D eigenvalue weighted by molar-refractivity contribution is 14.1. The standard InChI is InChI=1S/C9H6BrF3INO3/c1-17-8(16)5-3-15-7(14)6(4(5)2-10)18-9(11,12)13/h3H,2H2,1H3. The van der Waals surface area contributed by atoms with Crippen LogP contribution in [-0.2, 0) is 10.1 Å². The summed E-state index contributed by atoms with van der Waals surface area (Å²) in [6, 6.07) is 0. The van der Waals surface area contributed by atoms with Crippen molar-refractivity contribution < 1.29 is 27.4 Å². The molecule has 1 aromatic heterocycles. The van der Waals surface area contributed by atoms with Gasteiger partial charge in [0.1, 0.15) is 3.70 Å². The Hall–Kier alpha value is -0.580. The number of aromatic nitrogens is 1. The van der Waals surface area contributed by atoms with Gasteiger partial charge in [0, 0.05) is 17.1 Å². The topological polar surface area (TPSA) is 48.4 Å². The number of rotatable bonds is 3. The largest absolute Gasteiger partial charge is 0.573 e. The lowest BCUT2D eigenvalue weighted by molar-refractivity contribution is -0.275. The fraction of sp³-hybridized carbons (Fsp3) is 0.333. The van der Waals surface area contributed by atoms with Crippen molar-refractivity contribution in [3.8, 4) is 5.75 Å². The molecule has 0 atom stereocenters. The molecule has 0 amide bonds. The Morgan fingerprint density at radius 2 is 2.17 bits per heavy atom. The van der Waals surface area contributed by atoms with Gasteiger partial charge in [0.05, 0.1) is 12.7 Å². The first-order valence-electron chi connectivity index (χ1n) is 4.37. The maximum atomic E-state index is 12.3. The van der Waals surface area contributed by atoms with Gasteiger partial charge in [0.25, 0.3) is 0 Å². The second kappa shape index (κ2) is 6.04. The summed E-state index contributed by atoms with van der Waals surface area (Å²) in [7, 11) is 1.13. The van der Waals surface area contributed by atoms with Gasteiger partial charge in [0.15, 0.2) is 5.75 Å². The molecule has 0 bridgehead atoms. The van der Waals surface area contributed by atoms with Crippen LogP contribution in [0.1, 0.15) is 15.9 Å². The minimum atomic E-state index is -4.85. The van der Waals surface area contributed by atoms with Crippen LogP contribution in [0.15, 0.2) is 6.20 Å². The first-order valence-corrected chi connectivity index (χ1v) is 6.57. The second-order valence-electron chi connectivity index (χ2n) is 2.94. The lowest BCUT2D eigenvalue weighted by Gasteiger charge is -2.15. The Morgan fingerprint density at radius 1 is 1.56 bits per heavy atom. The van der Waals surface area contributed by atoms with Gasteiger partial charge < -0.3 is 9.47 Å². The Morgan fingerprint density at radius 3 is 2.61 bits per heavy atom. The van der Waals surface area contributed by atoms with Crippen molar-refractivity contribution in [1.29, 1.82) is 0 Å². The number of pyridine rings is 1. The van der Waals surface area contributed by atoms with E-state index in [4.69, 9.17) is 0 Å². The van der Waals surface area contributed by atoms with E-state index in [1.165, 1.54) is 0 Å². The van der Waals surface area contributed by atoms with E-state index in [0.29, 0.717) is 0 Å². The van der Waals surface area contributed by atoms with Crippen molar-refractivity contribution in [2.45, 2.75) is 11.7 Å². The number of methoxy groups -OCH3 is 1. The molecule has 0 radical (unpaired) electrons. The Bertz CT molecular complexity index is 467. The maximum absolute atomic E-state index is 12.3. The smallest absolute Gasteiger partial charge is 0.465 e. The maximum Gasteiger partial charge on any atom is 0.573 e. The summed E-state index contributed by atoms with van der Waals surface area (Å²) in [5, 5.41) is 0.00136. The molecule has 0 saturated carbocycles. The second-order valence-corrected chi connectivity index (χ2v) is 4.53. The van der Waals surface area contributed by atoms with Crippen LogP contribution in [0.4, 0.5) is 13.2 Å². The van der Waals surface area contributed by atoms with Gasteiger partial charge in [-0.2, -0.15) is 0 Å². The third-order valence-corrected chi connectivity index (χ3v) is 3.18. The van der Waals surface area contributed by atoms with E-state index < -0.39 is 18.1 Å². The minimum Gasteiger partial charge on any atom is -0.465 e. The molecular formula is C9H6BrF3INO3. The normalized spacial score (nSPS) is 11.2. The van der Waals surface area contributed by atoms with E-state index >= 15 is 0 Å². The summed E-state index contributed by atoms with van der Waals surface area (Å²) >= 11 is 4.60. The summed E-state index contributed by atoms with van der Waals surface area (Å²) in [5.74, 6) is -1.27. The fourth-order valence-electron chi connectivity index (χ4n) is 1.14. The number of carbonyl (C=O) groups excluding carboxylic acids is 1. The van der Waals surface area contributed by atoms with Crippen LogP contribution in [0.2, 0.25) is 0 Å². The number of hydrogen-bond acceptors (Lipinski definition) is 4. The average Bonchev–Trinajstić information content (AvgIpc) is 2.29. The van der Waals surface area contributed by atoms with E-state index in [0.717, 1.165) is 13.3 Å². The quantitative estimate of drug-likeness (QED) is 0.314. The molecule has 0 aromatic carbocycles. The third kappa shape index (κ3) is 3.70. The summed E-state index contributed by atoms with van der Waals surface area (Å²) in [5.41, 5.74) is -0.0346. The molecule has 0 saturated heterocycles. The van der Waals surface area contributed by atoms with E-state index in [1.807, 2.05) is 0 Å². The third-order valence-electron chi connectivity index (χ3n) is 1.85. The molecule has 0 unspecified atom stereocenters. The van der Waals surface area contributed by atoms with Crippen LogP contribution in [0.3, 0.4) is 0 Å². The Kier molecular flexibility index (Phi) is 5.20. The first kappa shape index (κ1) is 15.5. The van der Waals surface area contributed by atoms with Crippen molar-refractivity contribution >= 4 is 44.5 Å². The molecule has 1 aromatic rings. The number of esters is 1. The Labute approximate surface area is 122 Å². The van der Waals surface area contributed by atoms with Gasteiger partial charge >= 0.3 is 12.3 Å². The first-order chi connectivity index (χ1) is 8.30. The Balaban J connectivity index is 3.35. The molecule has 4 nitrogen and oxygen atoms in total. The molecule has 9 heteroatoms. The number of ether oxygens (including phenoxy) is 2. The van der Waals surface area contributed by atoms with Crippen LogP contribution in [0.5, 0.6) is 5.75 Å². The molecule has 0 fully saturated rings. The summed E-state index contributed by atoms with van der Waals surface area (Å²) in [6.07, 6.45) is -3.71. The number of carbonyl (C=O) groups is 1. The summed E-state index contributed by atoms with van der Waals surface area (Å²) in [4.78, 5) is 15.1. The zero-order chi connectivity index (χ0) is 13.9. The van der Waals surface area contributed by atoms with Gasteiger partial charge in [-0.25, -0.2) is 9.78 Å². The van der Waals surface area contributed by atoms with E-state index in [9.17, 15) is 18.0 Å². The molecule has 100 valence electrons. The SMILES string of the molecule is COC(=O)c1cnc(I)c(OC(F)(F)F)c1CBr. The number of halogens is 5. The molecule has 0 N–H and O–H groups in total. The number of nitrogens with zero attached hydrogens (tertiary/aromatic N) is 1. The van der Waals surface area contributed by atoms with Gasteiger partial charge in [-0.05, 0) is 22.6 Å². The van der Waals surface area contributed by atoms with Crippen molar-refractivity contribution in [2.75, 3.05) is 7.11 Å². The van der Waals surface area contributed by atoms with Crippen LogP contribution in [0.25, 0.3) is 0 Å². The van der Waals surface area contributed by atoms with Gasteiger partial charge in [-0.15, -0.1) is 13.2 Å². The molecule has 0 spiro atoms. The summed E-state index contributed by atoms with van der Waals surface area (Å²) in [6.45, 7) is 0. The van der Waals surface area contributed by atoms with Gasteiger partial charge in [0.2, 0.25) is 0 Å². The summed E-state index contributed by atoms with van der Waals surface area (Å²) < 4.78 is 45.2. The van der Waals surface area contributed by atoms with Crippen LogP contribution >= 0.6 is 38.5 Å². The van der Waals surface area contributed by atoms with Crippen molar-refractivity contribution in [1.82, 2.24) is 4.98 Å². The van der Waals surface area contributed by atoms with Crippen LogP contribution < -0.4 is 4.74 Å². The van der Waals surface area contributed by atoms with E-state index in [-0.39, 0.29) is 20.2 Å². The van der Waals surface area contributed by atoms with Gasteiger partial charge in [-0.1, -0.05) is 15.9 Å². The number of hydrogen-bond donors (Lipinski definition) is 0. The monoisotopic (exact) mass is 439 g/mol. The average molecular weight is 440 g/mol. The zero-order valence-corrected chi connectivity index (χ0v) is 12.6. The minimum absolute atomic E-state index is 0.00136. The predicted octanol–water partition coefficient (Wildman–Crippen LogP) is 3.27. The van der Waals surface area contributed by atoms with Crippen molar-refractivity contribution in [2.24, 2.45) is 0 Å². The van der Waals surface area contributed by atoms with Gasteiger partial charge in [-0.3, -0.25) is 0 Å². The number of alkyl halides is 4. The predicted molar refractivity (Wildman–Crippen MR) is 67.6 cm³/mol. The molecule has 18 heavy (non-hydrogen) atoms. The molecule has 0 aliphatic rings. The van der Waals surface area contributed by atoms with Crippen LogP contribution in [-0.4, -0.2) is 24.4 Å². The molecule has 1 heterocycles. The zero-order valence-electron chi connectivity index (χ0n) is 8.85. The molecule has 0 aliphatic heterocycles. The molecular weight excluding hydrogens is 434 g/mol. The van der Waals surface area contributed by atoms with Crippen LogP contribution in [0, 0.1) is 3.70 Å².